The first-order valence-corrected chi connectivity index (χ1v) is 10.8. The van der Waals surface area contributed by atoms with Gasteiger partial charge in [-0.25, -0.2) is 9.18 Å². The second kappa shape index (κ2) is 10.2. The number of thiophene rings is 1. The molecule has 5 nitrogen and oxygen atoms in total. The molecule has 1 N–H and O–H groups in total. The van der Waals surface area contributed by atoms with Gasteiger partial charge in [0, 0.05) is 10.9 Å². The molecule has 0 saturated heterocycles. The molecule has 0 fully saturated rings. The minimum atomic E-state index is -0.552. The molecule has 3 rings (SSSR count). The van der Waals surface area contributed by atoms with Gasteiger partial charge in [-0.3, -0.25) is 4.79 Å². The van der Waals surface area contributed by atoms with E-state index in [-0.39, 0.29) is 24.6 Å². The highest BCUT2D eigenvalue weighted by Gasteiger charge is 2.23. The second-order valence-electron chi connectivity index (χ2n) is 7.14. The lowest BCUT2D eigenvalue weighted by molar-refractivity contribution is -0.118. The van der Waals surface area contributed by atoms with Crippen molar-refractivity contribution >= 4 is 28.2 Å². The van der Waals surface area contributed by atoms with Gasteiger partial charge in [-0.15, -0.1) is 11.3 Å². The van der Waals surface area contributed by atoms with Crippen LogP contribution in [-0.2, 0) is 9.53 Å². The summed E-state index contributed by atoms with van der Waals surface area (Å²) in [5, 5.41) is 4.83. The van der Waals surface area contributed by atoms with E-state index in [2.05, 4.69) is 19.2 Å². The molecular weight excluding hydrogens is 417 g/mol. The molecule has 7 heteroatoms. The number of hydrogen-bond donors (Lipinski definition) is 1. The van der Waals surface area contributed by atoms with Crippen LogP contribution in [0.3, 0.4) is 0 Å². The molecule has 31 heavy (non-hydrogen) atoms. The molecule has 0 radical (unpaired) electrons. The van der Waals surface area contributed by atoms with E-state index in [9.17, 15) is 14.0 Å². The van der Waals surface area contributed by atoms with Crippen molar-refractivity contribution in [3.05, 3.63) is 70.9 Å². The largest absolute Gasteiger partial charge is 0.484 e. The Balaban J connectivity index is 1.74. The highest BCUT2D eigenvalue weighted by atomic mass is 32.1. The summed E-state index contributed by atoms with van der Waals surface area (Å²) in [5.74, 6) is -0.325. The maximum atomic E-state index is 13.3. The molecular formula is C24H24FNO4S. The number of carbonyl (C=O) groups excluding carboxylic acids is 2. The third-order valence-corrected chi connectivity index (χ3v) is 5.49. The third kappa shape index (κ3) is 5.70. The molecule has 0 aliphatic rings. The van der Waals surface area contributed by atoms with E-state index < -0.39 is 11.9 Å². The molecule has 1 amide bonds. The fraction of sp³-hybridized carbons (Fsp3) is 0.250. The summed E-state index contributed by atoms with van der Waals surface area (Å²) in [6.45, 7) is 5.91. The lowest BCUT2D eigenvalue weighted by Crippen LogP contribution is -2.21. The zero-order valence-corrected chi connectivity index (χ0v) is 18.4. The monoisotopic (exact) mass is 441 g/mol. The number of esters is 1. The Kier molecular flexibility index (Phi) is 7.41. The normalized spacial score (nSPS) is 10.7. The van der Waals surface area contributed by atoms with Gasteiger partial charge in [0.05, 0.1) is 6.61 Å². The van der Waals surface area contributed by atoms with Gasteiger partial charge in [-0.1, -0.05) is 38.1 Å². The SMILES string of the molecule is CCOC(=O)c1c(-c2ccc(F)cc2)csc1NC(=O)COc1ccc(C(C)C)cc1. The molecule has 2 aromatic carbocycles. The van der Waals surface area contributed by atoms with Gasteiger partial charge in [0.25, 0.3) is 5.91 Å². The van der Waals surface area contributed by atoms with Crippen molar-refractivity contribution in [2.75, 3.05) is 18.5 Å². The first-order valence-electron chi connectivity index (χ1n) is 9.96. The van der Waals surface area contributed by atoms with Crippen molar-refractivity contribution in [2.45, 2.75) is 26.7 Å². The smallest absolute Gasteiger partial charge is 0.341 e. The number of ether oxygens (including phenoxy) is 2. The van der Waals surface area contributed by atoms with E-state index in [0.29, 0.717) is 27.8 Å². The van der Waals surface area contributed by atoms with Crippen molar-refractivity contribution in [1.82, 2.24) is 0 Å². The number of benzene rings is 2. The number of anilines is 1. The minimum Gasteiger partial charge on any atom is -0.484 e. The number of carbonyl (C=O) groups is 2. The van der Waals surface area contributed by atoms with Crippen molar-refractivity contribution < 1.29 is 23.5 Å². The van der Waals surface area contributed by atoms with Gasteiger partial charge >= 0.3 is 5.97 Å². The van der Waals surface area contributed by atoms with E-state index >= 15 is 0 Å². The molecule has 0 saturated carbocycles. The Labute approximate surface area is 184 Å². The molecule has 0 spiro atoms. The zero-order chi connectivity index (χ0) is 22.4. The van der Waals surface area contributed by atoms with E-state index in [0.717, 1.165) is 0 Å². The van der Waals surface area contributed by atoms with Crippen molar-refractivity contribution in [1.29, 1.82) is 0 Å². The molecule has 3 aromatic rings. The van der Waals surface area contributed by atoms with Gasteiger partial charge in [-0.2, -0.15) is 0 Å². The molecule has 0 aliphatic carbocycles. The number of amides is 1. The van der Waals surface area contributed by atoms with Crippen LogP contribution in [0, 0.1) is 5.82 Å². The molecule has 1 heterocycles. The maximum absolute atomic E-state index is 13.3. The van der Waals surface area contributed by atoms with Gasteiger partial charge in [0.2, 0.25) is 0 Å². The molecule has 0 atom stereocenters. The first kappa shape index (κ1) is 22.5. The molecule has 0 bridgehead atoms. The average Bonchev–Trinajstić information content (AvgIpc) is 3.16. The Morgan fingerprint density at radius 1 is 1.06 bits per heavy atom. The topological polar surface area (TPSA) is 64.6 Å². The van der Waals surface area contributed by atoms with Crippen LogP contribution in [0.2, 0.25) is 0 Å². The summed E-state index contributed by atoms with van der Waals surface area (Å²) in [4.78, 5) is 25.0. The Morgan fingerprint density at radius 3 is 2.35 bits per heavy atom. The summed E-state index contributed by atoms with van der Waals surface area (Å²) >= 11 is 1.20. The highest BCUT2D eigenvalue weighted by molar-refractivity contribution is 7.15. The van der Waals surface area contributed by atoms with E-state index in [1.54, 1.807) is 24.4 Å². The van der Waals surface area contributed by atoms with Crippen LogP contribution in [-0.4, -0.2) is 25.1 Å². The minimum absolute atomic E-state index is 0.195. The summed E-state index contributed by atoms with van der Waals surface area (Å²) in [5.41, 5.74) is 2.66. The average molecular weight is 442 g/mol. The van der Waals surface area contributed by atoms with Gasteiger partial charge in [0.1, 0.15) is 22.1 Å². The summed E-state index contributed by atoms with van der Waals surface area (Å²) in [6.07, 6.45) is 0. The maximum Gasteiger partial charge on any atom is 0.341 e. The Morgan fingerprint density at radius 2 is 1.74 bits per heavy atom. The van der Waals surface area contributed by atoms with E-state index in [1.165, 1.54) is 29.0 Å². The number of hydrogen-bond acceptors (Lipinski definition) is 5. The van der Waals surface area contributed by atoms with Crippen LogP contribution in [0.1, 0.15) is 42.6 Å². The van der Waals surface area contributed by atoms with Gasteiger partial charge in [0.15, 0.2) is 6.61 Å². The molecule has 1 aromatic heterocycles. The first-order chi connectivity index (χ1) is 14.9. The van der Waals surface area contributed by atoms with E-state index in [4.69, 9.17) is 9.47 Å². The fourth-order valence-electron chi connectivity index (χ4n) is 2.96. The fourth-order valence-corrected chi connectivity index (χ4v) is 3.93. The summed E-state index contributed by atoms with van der Waals surface area (Å²) in [7, 11) is 0. The van der Waals surface area contributed by atoms with Gasteiger partial charge in [-0.05, 0) is 48.2 Å². The van der Waals surface area contributed by atoms with Crippen LogP contribution >= 0.6 is 11.3 Å². The van der Waals surface area contributed by atoms with Crippen LogP contribution in [0.25, 0.3) is 11.1 Å². The Bertz CT molecular complexity index is 1040. The zero-order valence-electron chi connectivity index (χ0n) is 17.6. The summed E-state index contributed by atoms with van der Waals surface area (Å²) < 4.78 is 24.0. The predicted octanol–water partition coefficient (Wildman–Crippen LogP) is 5.87. The predicted molar refractivity (Wildman–Crippen MR) is 120 cm³/mol. The van der Waals surface area contributed by atoms with Crippen LogP contribution < -0.4 is 10.1 Å². The van der Waals surface area contributed by atoms with Gasteiger partial charge < -0.3 is 14.8 Å². The summed E-state index contributed by atoms with van der Waals surface area (Å²) in [6, 6.07) is 13.4. The molecule has 162 valence electrons. The second-order valence-corrected chi connectivity index (χ2v) is 8.02. The lowest BCUT2D eigenvalue weighted by atomic mass is 10.0. The van der Waals surface area contributed by atoms with Crippen molar-refractivity contribution in [3.63, 3.8) is 0 Å². The lowest BCUT2D eigenvalue weighted by Gasteiger charge is -2.10. The Hall–Kier alpha value is -3.19. The van der Waals surface area contributed by atoms with Crippen LogP contribution in [0.5, 0.6) is 5.75 Å². The van der Waals surface area contributed by atoms with Crippen molar-refractivity contribution in [3.8, 4) is 16.9 Å². The molecule has 0 aliphatic heterocycles. The van der Waals surface area contributed by atoms with Crippen LogP contribution in [0.4, 0.5) is 9.39 Å². The molecule has 0 unspecified atom stereocenters. The number of halogens is 1. The van der Waals surface area contributed by atoms with Crippen LogP contribution in [0.15, 0.2) is 53.9 Å². The number of rotatable bonds is 8. The van der Waals surface area contributed by atoms with Crippen molar-refractivity contribution in [2.24, 2.45) is 0 Å². The quantitative estimate of drug-likeness (QED) is 0.444. The standard InChI is InChI=1S/C24H24FNO4S/c1-4-29-24(28)22-20(17-5-9-18(25)10-6-17)14-31-23(22)26-21(27)13-30-19-11-7-16(8-12-19)15(2)3/h5-12,14-15H,4,13H2,1-3H3,(H,26,27). The third-order valence-electron chi connectivity index (χ3n) is 4.60. The van der Waals surface area contributed by atoms with E-state index in [1.807, 2.05) is 24.3 Å². The number of nitrogens with one attached hydrogen (secondary N) is 1. The highest BCUT2D eigenvalue weighted by Crippen LogP contribution is 2.36.